The fraction of sp³-hybridized carbons (Fsp3) is 0.462. The second kappa shape index (κ2) is 4.25. The van der Waals surface area contributed by atoms with Crippen LogP contribution in [0.25, 0.3) is 0 Å². The molecule has 0 saturated carbocycles. The third-order valence-corrected chi connectivity index (χ3v) is 2.70. The summed E-state index contributed by atoms with van der Waals surface area (Å²) in [6.45, 7) is 4.21. The average molecular weight is 217 g/mol. The molecule has 0 bridgehead atoms. The van der Waals surface area contributed by atoms with Crippen molar-refractivity contribution in [2.45, 2.75) is 31.7 Å². The van der Waals surface area contributed by atoms with Crippen LogP contribution < -0.4 is 0 Å². The summed E-state index contributed by atoms with van der Waals surface area (Å²) >= 11 is 0. The van der Waals surface area contributed by atoms with E-state index >= 15 is 0 Å². The molecule has 16 heavy (non-hydrogen) atoms. The SMILES string of the molecule is CC1(C)OCC(C(C#N)c2ccccc2)O1. The lowest BCUT2D eigenvalue weighted by molar-refractivity contribution is -0.139. The van der Waals surface area contributed by atoms with Crippen molar-refractivity contribution in [3.05, 3.63) is 35.9 Å². The van der Waals surface area contributed by atoms with Gasteiger partial charge >= 0.3 is 0 Å². The molecule has 1 saturated heterocycles. The van der Waals surface area contributed by atoms with Gasteiger partial charge in [-0.1, -0.05) is 30.3 Å². The van der Waals surface area contributed by atoms with E-state index in [1.165, 1.54) is 0 Å². The minimum atomic E-state index is -0.575. The molecule has 1 aliphatic heterocycles. The highest BCUT2D eigenvalue weighted by Gasteiger charge is 2.38. The Labute approximate surface area is 95.6 Å². The summed E-state index contributed by atoms with van der Waals surface area (Å²) in [5.74, 6) is -0.836. The Bertz CT molecular complexity index is 394. The summed E-state index contributed by atoms with van der Waals surface area (Å²) in [5.41, 5.74) is 0.983. The maximum absolute atomic E-state index is 9.22. The van der Waals surface area contributed by atoms with Crippen LogP contribution >= 0.6 is 0 Å². The second-order valence-corrected chi connectivity index (χ2v) is 4.38. The Hall–Kier alpha value is -1.37. The van der Waals surface area contributed by atoms with Crippen molar-refractivity contribution in [3.63, 3.8) is 0 Å². The third kappa shape index (κ3) is 2.24. The summed E-state index contributed by atoms with van der Waals surface area (Å²) in [6.07, 6.45) is -0.178. The third-order valence-electron chi connectivity index (χ3n) is 2.70. The molecule has 2 unspecified atom stereocenters. The number of nitrogens with zero attached hydrogens (tertiary/aromatic N) is 1. The van der Waals surface area contributed by atoms with Crippen LogP contribution in [-0.4, -0.2) is 18.5 Å². The minimum Gasteiger partial charge on any atom is -0.348 e. The van der Waals surface area contributed by atoms with Crippen molar-refractivity contribution >= 4 is 0 Å². The molecule has 1 heterocycles. The van der Waals surface area contributed by atoms with Crippen LogP contribution in [0.15, 0.2) is 30.3 Å². The van der Waals surface area contributed by atoms with E-state index in [4.69, 9.17) is 9.47 Å². The molecule has 3 nitrogen and oxygen atoms in total. The van der Waals surface area contributed by atoms with Crippen LogP contribution in [0, 0.1) is 11.3 Å². The Morgan fingerprint density at radius 3 is 2.56 bits per heavy atom. The van der Waals surface area contributed by atoms with Crippen molar-refractivity contribution in [2.75, 3.05) is 6.61 Å². The van der Waals surface area contributed by atoms with E-state index in [0.717, 1.165) is 5.56 Å². The van der Waals surface area contributed by atoms with Crippen molar-refractivity contribution in [1.29, 1.82) is 5.26 Å². The van der Waals surface area contributed by atoms with Gasteiger partial charge in [-0.2, -0.15) is 5.26 Å². The largest absolute Gasteiger partial charge is 0.348 e. The van der Waals surface area contributed by atoms with Gasteiger partial charge in [-0.15, -0.1) is 0 Å². The summed E-state index contributed by atoms with van der Waals surface area (Å²) in [6, 6.07) is 12.0. The molecule has 3 heteroatoms. The average Bonchev–Trinajstić information content (AvgIpc) is 2.62. The second-order valence-electron chi connectivity index (χ2n) is 4.38. The summed E-state index contributed by atoms with van der Waals surface area (Å²) < 4.78 is 11.2. The molecular formula is C13H15NO2. The van der Waals surface area contributed by atoms with Gasteiger partial charge in [-0.25, -0.2) is 0 Å². The van der Waals surface area contributed by atoms with Gasteiger partial charge in [0.25, 0.3) is 0 Å². The molecule has 0 N–H and O–H groups in total. The Balaban J connectivity index is 2.17. The molecule has 0 aliphatic carbocycles. The monoisotopic (exact) mass is 217 g/mol. The van der Waals surface area contributed by atoms with Gasteiger partial charge in [0.15, 0.2) is 5.79 Å². The fourth-order valence-corrected chi connectivity index (χ4v) is 1.91. The highest BCUT2D eigenvalue weighted by molar-refractivity contribution is 5.26. The zero-order chi connectivity index (χ0) is 11.6. The van der Waals surface area contributed by atoms with Crippen molar-refractivity contribution in [3.8, 4) is 6.07 Å². The highest BCUT2D eigenvalue weighted by atomic mass is 16.7. The smallest absolute Gasteiger partial charge is 0.163 e. The van der Waals surface area contributed by atoms with Crippen LogP contribution in [0.1, 0.15) is 25.3 Å². The summed E-state index contributed by atoms with van der Waals surface area (Å²) in [5, 5.41) is 9.22. The van der Waals surface area contributed by atoms with Crippen molar-refractivity contribution in [1.82, 2.24) is 0 Å². The molecule has 0 amide bonds. The molecule has 0 aromatic heterocycles. The normalized spacial score (nSPS) is 24.9. The molecule has 2 atom stereocenters. The molecule has 84 valence electrons. The molecule has 1 aromatic carbocycles. The van der Waals surface area contributed by atoms with E-state index in [-0.39, 0.29) is 12.0 Å². The number of benzene rings is 1. The maximum atomic E-state index is 9.22. The van der Waals surface area contributed by atoms with E-state index in [1.54, 1.807) is 0 Å². The quantitative estimate of drug-likeness (QED) is 0.764. The van der Waals surface area contributed by atoms with Crippen LogP contribution in [0.2, 0.25) is 0 Å². The van der Waals surface area contributed by atoms with Crippen LogP contribution in [-0.2, 0) is 9.47 Å². The number of hydrogen-bond donors (Lipinski definition) is 0. The predicted octanol–water partition coefficient (Wildman–Crippen LogP) is 2.45. The zero-order valence-electron chi connectivity index (χ0n) is 9.51. The van der Waals surface area contributed by atoms with Gasteiger partial charge in [-0.05, 0) is 19.4 Å². The van der Waals surface area contributed by atoms with E-state index < -0.39 is 5.79 Å². The molecule has 0 spiro atoms. The van der Waals surface area contributed by atoms with E-state index in [0.29, 0.717) is 6.61 Å². The van der Waals surface area contributed by atoms with Gasteiger partial charge < -0.3 is 9.47 Å². The lowest BCUT2D eigenvalue weighted by atomic mass is 9.95. The maximum Gasteiger partial charge on any atom is 0.163 e. The lowest BCUT2D eigenvalue weighted by Crippen LogP contribution is -2.24. The number of nitriles is 1. The van der Waals surface area contributed by atoms with Gasteiger partial charge in [0.1, 0.15) is 6.10 Å². The van der Waals surface area contributed by atoms with Crippen molar-refractivity contribution < 1.29 is 9.47 Å². The lowest BCUT2D eigenvalue weighted by Gasteiger charge is -2.19. The Morgan fingerprint density at radius 2 is 2.06 bits per heavy atom. The van der Waals surface area contributed by atoms with Gasteiger partial charge in [0, 0.05) is 0 Å². The Kier molecular flexibility index (Phi) is 2.95. The highest BCUT2D eigenvalue weighted by Crippen LogP contribution is 2.31. The molecule has 1 aromatic rings. The summed E-state index contributed by atoms with van der Waals surface area (Å²) in [7, 11) is 0. The minimum absolute atomic E-state index is 0.178. The van der Waals surface area contributed by atoms with Crippen LogP contribution in [0.3, 0.4) is 0 Å². The van der Waals surface area contributed by atoms with Gasteiger partial charge in [-0.3, -0.25) is 0 Å². The van der Waals surface area contributed by atoms with E-state index in [9.17, 15) is 5.26 Å². The first-order valence-electron chi connectivity index (χ1n) is 5.39. The van der Waals surface area contributed by atoms with E-state index in [2.05, 4.69) is 6.07 Å². The molecule has 1 fully saturated rings. The van der Waals surface area contributed by atoms with Crippen LogP contribution in [0.5, 0.6) is 0 Å². The molecular weight excluding hydrogens is 202 g/mol. The first-order valence-corrected chi connectivity index (χ1v) is 5.39. The number of hydrogen-bond acceptors (Lipinski definition) is 3. The number of ether oxygens (including phenoxy) is 2. The molecule has 0 radical (unpaired) electrons. The topological polar surface area (TPSA) is 42.2 Å². The van der Waals surface area contributed by atoms with Gasteiger partial charge in [0.05, 0.1) is 18.6 Å². The Morgan fingerprint density at radius 1 is 1.38 bits per heavy atom. The first-order chi connectivity index (χ1) is 7.62. The molecule has 1 aliphatic rings. The van der Waals surface area contributed by atoms with E-state index in [1.807, 2.05) is 44.2 Å². The van der Waals surface area contributed by atoms with Crippen LogP contribution in [0.4, 0.5) is 0 Å². The predicted molar refractivity (Wildman–Crippen MR) is 59.7 cm³/mol. The molecule has 2 rings (SSSR count). The van der Waals surface area contributed by atoms with Gasteiger partial charge in [0.2, 0.25) is 0 Å². The standard InChI is InChI=1S/C13H15NO2/c1-13(2)15-9-12(16-13)11(8-14)10-6-4-3-5-7-10/h3-7,11-12H,9H2,1-2H3. The van der Waals surface area contributed by atoms with Crippen molar-refractivity contribution in [2.24, 2.45) is 0 Å². The summed E-state index contributed by atoms with van der Waals surface area (Å²) in [4.78, 5) is 0. The fourth-order valence-electron chi connectivity index (χ4n) is 1.91. The first kappa shape index (κ1) is 11.1. The zero-order valence-corrected chi connectivity index (χ0v) is 9.51. The number of rotatable bonds is 2.